The van der Waals surface area contributed by atoms with Gasteiger partial charge in [-0.15, -0.1) is 0 Å². The zero-order valence-corrected chi connectivity index (χ0v) is 16.1. The Bertz CT molecular complexity index is 729. The number of nitrogens with zero attached hydrogens (tertiary/aromatic N) is 1. The number of anilines is 1. The van der Waals surface area contributed by atoms with E-state index in [0.717, 1.165) is 30.6 Å². The largest absolute Gasteiger partial charge is 0.493 e. The highest BCUT2D eigenvalue weighted by Gasteiger charge is 2.42. The number of ether oxygens (including phenoxy) is 4. The molecule has 0 aromatic heterocycles. The van der Waals surface area contributed by atoms with E-state index in [2.05, 4.69) is 6.92 Å². The molecule has 1 aliphatic rings. The van der Waals surface area contributed by atoms with Crippen LogP contribution in [0.5, 0.6) is 17.2 Å². The number of benzene rings is 1. The van der Waals surface area contributed by atoms with Crippen molar-refractivity contribution in [3.05, 3.63) is 11.6 Å². The first-order valence-electron chi connectivity index (χ1n) is 8.84. The van der Waals surface area contributed by atoms with Gasteiger partial charge in [0.1, 0.15) is 6.54 Å². The average molecular weight is 379 g/mol. The van der Waals surface area contributed by atoms with Gasteiger partial charge in [0.05, 0.1) is 39.2 Å². The molecule has 1 aromatic carbocycles. The summed E-state index contributed by atoms with van der Waals surface area (Å²) >= 11 is 0. The smallest absolute Gasteiger partial charge is 0.326 e. The Morgan fingerprint density at radius 1 is 1.00 bits per heavy atom. The van der Waals surface area contributed by atoms with Crippen LogP contribution >= 0.6 is 0 Å². The van der Waals surface area contributed by atoms with Gasteiger partial charge in [-0.25, -0.2) is 0 Å². The highest BCUT2D eigenvalue weighted by molar-refractivity contribution is 6.53. The molecule has 8 heteroatoms. The molecule has 1 heterocycles. The molecule has 0 spiro atoms. The Balaban J connectivity index is 2.23. The Morgan fingerprint density at radius 3 is 2.30 bits per heavy atom. The summed E-state index contributed by atoms with van der Waals surface area (Å²) in [6.07, 6.45) is 3.90. The summed E-state index contributed by atoms with van der Waals surface area (Å²) in [6, 6.07) is 1.48. The number of fused-ring (bicyclic) bond motifs is 1. The molecule has 1 aliphatic heterocycles. The molecular weight excluding hydrogens is 354 g/mol. The Kier molecular flexibility index (Phi) is 7.04. The predicted octanol–water partition coefficient (Wildman–Crippen LogP) is 2.37. The zero-order chi connectivity index (χ0) is 20.0. The maximum Gasteiger partial charge on any atom is 0.326 e. The first-order chi connectivity index (χ1) is 13.0. The maximum absolute atomic E-state index is 12.4. The molecule has 148 valence electrons. The molecule has 27 heavy (non-hydrogen) atoms. The van der Waals surface area contributed by atoms with Crippen molar-refractivity contribution in [2.45, 2.75) is 32.6 Å². The molecule has 0 bridgehead atoms. The van der Waals surface area contributed by atoms with E-state index in [0.29, 0.717) is 0 Å². The maximum atomic E-state index is 12.4. The van der Waals surface area contributed by atoms with E-state index in [1.54, 1.807) is 0 Å². The predicted molar refractivity (Wildman–Crippen MR) is 97.9 cm³/mol. The van der Waals surface area contributed by atoms with Crippen molar-refractivity contribution in [2.75, 3.05) is 39.4 Å². The lowest BCUT2D eigenvalue weighted by Gasteiger charge is -2.19. The summed E-state index contributed by atoms with van der Waals surface area (Å²) in [7, 11) is 4.20. The van der Waals surface area contributed by atoms with Crippen LogP contribution in [0.3, 0.4) is 0 Å². The molecule has 0 fully saturated rings. The Morgan fingerprint density at radius 2 is 1.70 bits per heavy atom. The van der Waals surface area contributed by atoms with Crippen LogP contribution in [0.4, 0.5) is 5.69 Å². The number of hydrogen-bond acceptors (Lipinski definition) is 7. The van der Waals surface area contributed by atoms with Gasteiger partial charge in [-0.3, -0.25) is 19.3 Å². The summed E-state index contributed by atoms with van der Waals surface area (Å²) in [6.45, 7) is 2.03. The molecule has 1 aromatic rings. The van der Waals surface area contributed by atoms with Gasteiger partial charge in [-0.05, 0) is 6.42 Å². The van der Waals surface area contributed by atoms with Crippen LogP contribution in [0.2, 0.25) is 0 Å². The monoisotopic (exact) mass is 379 g/mol. The fourth-order valence-electron chi connectivity index (χ4n) is 2.96. The second-order valence-corrected chi connectivity index (χ2v) is 6.04. The molecule has 2 rings (SSSR count). The van der Waals surface area contributed by atoms with Gasteiger partial charge in [-0.2, -0.15) is 0 Å². The number of methoxy groups -OCH3 is 3. The van der Waals surface area contributed by atoms with Gasteiger partial charge >= 0.3 is 5.97 Å². The van der Waals surface area contributed by atoms with Gasteiger partial charge in [0.25, 0.3) is 11.7 Å². The number of unbranched alkanes of at least 4 members (excludes halogenated alkanes) is 3. The van der Waals surface area contributed by atoms with E-state index in [4.69, 9.17) is 18.9 Å². The van der Waals surface area contributed by atoms with Crippen molar-refractivity contribution < 1.29 is 33.3 Å². The third kappa shape index (κ3) is 4.15. The lowest BCUT2D eigenvalue weighted by molar-refractivity contribution is -0.142. The van der Waals surface area contributed by atoms with Gasteiger partial charge in [-0.1, -0.05) is 26.2 Å². The van der Waals surface area contributed by atoms with Crippen molar-refractivity contribution in [3.8, 4) is 17.2 Å². The van der Waals surface area contributed by atoms with E-state index in [1.807, 2.05) is 0 Å². The van der Waals surface area contributed by atoms with Gasteiger partial charge < -0.3 is 18.9 Å². The SMILES string of the molecule is CCCCCCOC(=O)CN1C(=O)C(=O)c2c1cc(OC)c(OC)c2OC. The summed E-state index contributed by atoms with van der Waals surface area (Å²) < 4.78 is 21.0. The van der Waals surface area contributed by atoms with Crippen LogP contribution in [0.1, 0.15) is 43.0 Å². The van der Waals surface area contributed by atoms with Crippen molar-refractivity contribution in [3.63, 3.8) is 0 Å². The number of amides is 1. The van der Waals surface area contributed by atoms with Gasteiger partial charge in [0.15, 0.2) is 11.5 Å². The number of rotatable bonds is 10. The first-order valence-corrected chi connectivity index (χ1v) is 8.84. The number of carbonyl (C=O) groups is 3. The summed E-state index contributed by atoms with van der Waals surface area (Å²) in [4.78, 5) is 38.1. The van der Waals surface area contributed by atoms with Crippen LogP contribution in [-0.4, -0.2) is 52.1 Å². The zero-order valence-electron chi connectivity index (χ0n) is 16.1. The summed E-state index contributed by atoms with van der Waals surface area (Å²) in [5.41, 5.74) is 0.290. The number of esters is 1. The second kappa shape index (κ2) is 9.25. The van der Waals surface area contributed by atoms with Crippen LogP contribution < -0.4 is 19.1 Å². The molecule has 0 atom stereocenters. The standard InChI is InChI=1S/C19H25NO7/c1-5-6-7-8-9-27-14(21)11-20-12-10-13(24-2)17(25-3)18(26-4)15(12)16(22)19(20)23/h10H,5-9,11H2,1-4H3. The fourth-order valence-corrected chi connectivity index (χ4v) is 2.96. The Hall–Kier alpha value is -2.77. The van der Waals surface area contributed by atoms with E-state index in [1.165, 1.54) is 27.4 Å². The number of Topliss-reactive ketones (excluding diaryl/α,β-unsaturated/α-hetero) is 1. The minimum Gasteiger partial charge on any atom is -0.493 e. The number of hydrogen-bond donors (Lipinski definition) is 0. The van der Waals surface area contributed by atoms with E-state index >= 15 is 0 Å². The molecule has 0 N–H and O–H groups in total. The van der Waals surface area contributed by atoms with Crippen molar-refractivity contribution in [1.29, 1.82) is 0 Å². The fraction of sp³-hybridized carbons (Fsp3) is 0.526. The third-order valence-electron chi connectivity index (χ3n) is 4.31. The molecule has 0 radical (unpaired) electrons. The molecule has 8 nitrogen and oxygen atoms in total. The van der Waals surface area contributed by atoms with Gasteiger partial charge in [0, 0.05) is 6.07 Å². The third-order valence-corrected chi connectivity index (χ3v) is 4.31. The molecular formula is C19H25NO7. The minimum atomic E-state index is -0.818. The molecule has 0 unspecified atom stereocenters. The summed E-state index contributed by atoms with van der Waals surface area (Å²) in [5.74, 6) is -1.57. The highest BCUT2D eigenvalue weighted by Crippen LogP contribution is 2.47. The van der Waals surface area contributed by atoms with E-state index in [9.17, 15) is 14.4 Å². The van der Waals surface area contributed by atoms with Crippen molar-refractivity contribution >= 4 is 23.3 Å². The quantitative estimate of drug-likeness (QED) is 0.350. The van der Waals surface area contributed by atoms with Gasteiger partial charge in [0.2, 0.25) is 5.75 Å². The topological polar surface area (TPSA) is 91.4 Å². The van der Waals surface area contributed by atoms with Crippen LogP contribution in [0.15, 0.2) is 6.07 Å². The lowest BCUT2D eigenvalue weighted by Crippen LogP contribution is -2.35. The van der Waals surface area contributed by atoms with Crippen LogP contribution in [-0.2, 0) is 14.3 Å². The molecule has 1 amide bonds. The van der Waals surface area contributed by atoms with Crippen molar-refractivity contribution in [1.82, 2.24) is 0 Å². The lowest BCUT2D eigenvalue weighted by atomic mass is 10.1. The minimum absolute atomic E-state index is 0.0518. The first kappa shape index (κ1) is 20.5. The van der Waals surface area contributed by atoms with Crippen molar-refractivity contribution in [2.24, 2.45) is 0 Å². The van der Waals surface area contributed by atoms with Crippen LogP contribution in [0, 0.1) is 0 Å². The molecule has 0 saturated heterocycles. The Labute approximate surface area is 158 Å². The molecule has 0 aliphatic carbocycles. The average Bonchev–Trinajstić information content (AvgIpc) is 2.90. The molecule has 0 saturated carbocycles. The summed E-state index contributed by atoms with van der Waals surface area (Å²) in [5, 5.41) is 0. The van der Waals surface area contributed by atoms with Crippen LogP contribution in [0.25, 0.3) is 0 Å². The normalized spacial score (nSPS) is 12.8. The second-order valence-electron chi connectivity index (χ2n) is 6.04. The number of carbonyl (C=O) groups excluding carboxylic acids is 3. The van der Waals surface area contributed by atoms with E-state index in [-0.39, 0.29) is 41.7 Å². The number of ketones is 1. The highest BCUT2D eigenvalue weighted by atomic mass is 16.5. The van der Waals surface area contributed by atoms with E-state index < -0.39 is 17.7 Å².